The van der Waals surface area contributed by atoms with E-state index in [-0.39, 0.29) is 29.9 Å². The summed E-state index contributed by atoms with van der Waals surface area (Å²) in [6.07, 6.45) is 1.17. The van der Waals surface area contributed by atoms with Crippen LogP contribution in [0.15, 0.2) is 53.7 Å². The Kier molecular flexibility index (Phi) is 5.33. The van der Waals surface area contributed by atoms with Crippen LogP contribution < -0.4 is 14.8 Å². The van der Waals surface area contributed by atoms with Crippen LogP contribution in [0.25, 0.3) is 0 Å². The van der Waals surface area contributed by atoms with Gasteiger partial charge in [-0.3, -0.25) is 9.59 Å². The molecule has 0 fully saturated rings. The minimum Gasteiger partial charge on any atom is -0.497 e. The Hall–Kier alpha value is -2.79. The summed E-state index contributed by atoms with van der Waals surface area (Å²) in [7, 11) is 3.22. The number of rotatable bonds is 4. The van der Waals surface area contributed by atoms with Gasteiger partial charge in [0, 0.05) is 46.5 Å². The zero-order valence-electron chi connectivity index (χ0n) is 16.3. The number of nitrogens with one attached hydrogen (secondary N) is 1. The molecule has 2 aromatic carbocycles. The van der Waals surface area contributed by atoms with Gasteiger partial charge >= 0.3 is 0 Å². The highest BCUT2D eigenvalue weighted by molar-refractivity contribution is 6.30. The van der Waals surface area contributed by atoms with Gasteiger partial charge in [0.05, 0.1) is 14.2 Å². The van der Waals surface area contributed by atoms with Gasteiger partial charge in [0.2, 0.25) is 5.91 Å². The van der Waals surface area contributed by atoms with Gasteiger partial charge in [-0.05, 0) is 42.3 Å². The van der Waals surface area contributed by atoms with Gasteiger partial charge in [0.15, 0.2) is 5.78 Å². The number of methoxy groups -OCH3 is 2. The zero-order valence-corrected chi connectivity index (χ0v) is 17.1. The van der Waals surface area contributed by atoms with Crippen LogP contribution in [0.4, 0.5) is 0 Å². The topological polar surface area (TPSA) is 64.6 Å². The molecular weight excluding hydrogens is 390 g/mol. The molecule has 1 aliphatic heterocycles. The molecule has 29 heavy (non-hydrogen) atoms. The number of allylic oxidation sites excluding steroid dienone is 2. The van der Waals surface area contributed by atoms with Crippen LogP contribution in [0, 0.1) is 0 Å². The Labute approximate surface area is 174 Å². The molecule has 0 saturated heterocycles. The smallest absolute Gasteiger partial charge is 0.225 e. The maximum atomic E-state index is 13.2. The molecule has 0 radical (unpaired) electrons. The maximum absolute atomic E-state index is 13.2. The minimum absolute atomic E-state index is 0.0473. The molecule has 5 nitrogen and oxygen atoms in total. The van der Waals surface area contributed by atoms with Gasteiger partial charge in [-0.25, -0.2) is 0 Å². The van der Waals surface area contributed by atoms with Crippen LogP contribution in [-0.4, -0.2) is 25.9 Å². The van der Waals surface area contributed by atoms with E-state index >= 15 is 0 Å². The lowest BCUT2D eigenvalue weighted by Gasteiger charge is -2.35. The lowest BCUT2D eigenvalue weighted by molar-refractivity contribution is -0.122. The molecule has 0 aromatic heterocycles. The van der Waals surface area contributed by atoms with E-state index in [9.17, 15) is 9.59 Å². The van der Waals surface area contributed by atoms with E-state index in [2.05, 4.69) is 5.32 Å². The van der Waals surface area contributed by atoms with Gasteiger partial charge in [-0.1, -0.05) is 23.7 Å². The number of carbonyl (C=O) groups excluding carboxylic acids is 2. The Morgan fingerprint density at radius 2 is 1.83 bits per heavy atom. The molecule has 1 N–H and O–H groups in total. The van der Waals surface area contributed by atoms with E-state index in [1.165, 1.54) is 0 Å². The predicted octanol–water partition coefficient (Wildman–Crippen LogP) is 4.36. The molecule has 2 atom stereocenters. The van der Waals surface area contributed by atoms with Crippen molar-refractivity contribution in [1.82, 2.24) is 5.32 Å². The predicted molar refractivity (Wildman–Crippen MR) is 111 cm³/mol. The summed E-state index contributed by atoms with van der Waals surface area (Å²) in [6.45, 7) is 0. The van der Waals surface area contributed by atoms with Crippen molar-refractivity contribution < 1.29 is 19.1 Å². The summed E-state index contributed by atoms with van der Waals surface area (Å²) in [5.41, 5.74) is 3.21. The summed E-state index contributed by atoms with van der Waals surface area (Å²) >= 11 is 6.15. The van der Waals surface area contributed by atoms with Crippen LogP contribution in [0.3, 0.4) is 0 Å². The van der Waals surface area contributed by atoms with Crippen molar-refractivity contribution in [3.63, 3.8) is 0 Å². The average molecular weight is 412 g/mol. The van der Waals surface area contributed by atoms with E-state index in [1.54, 1.807) is 20.3 Å². The van der Waals surface area contributed by atoms with Crippen LogP contribution in [0.1, 0.15) is 42.2 Å². The van der Waals surface area contributed by atoms with Gasteiger partial charge in [0.25, 0.3) is 0 Å². The molecule has 4 rings (SSSR count). The highest BCUT2D eigenvalue weighted by Crippen LogP contribution is 2.45. The molecule has 150 valence electrons. The van der Waals surface area contributed by atoms with Crippen LogP contribution in [-0.2, 0) is 9.59 Å². The fraction of sp³-hybridized carbons (Fsp3) is 0.304. The molecule has 0 spiro atoms. The largest absolute Gasteiger partial charge is 0.497 e. The first-order valence-corrected chi connectivity index (χ1v) is 9.91. The maximum Gasteiger partial charge on any atom is 0.225 e. The van der Waals surface area contributed by atoms with Crippen molar-refractivity contribution >= 4 is 23.3 Å². The third-order valence-electron chi connectivity index (χ3n) is 5.66. The van der Waals surface area contributed by atoms with E-state index in [4.69, 9.17) is 21.1 Å². The molecule has 1 heterocycles. The second-order valence-corrected chi connectivity index (χ2v) is 7.82. The number of benzene rings is 2. The van der Waals surface area contributed by atoms with Gasteiger partial charge < -0.3 is 14.8 Å². The molecule has 2 aliphatic rings. The number of hydrogen-bond donors (Lipinski definition) is 1. The van der Waals surface area contributed by atoms with Crippen molar-refractivity contribution in [2.24, 2.45) is 0 Å². The molecule has 0 unspecified atom stereocenters. The minimum atomic E-state index is -0.266. The fourth-order valence-corrected chi connectivity index (χ4v) is 4.55. The highest BCUT2D eigenvalue weighted by Gasteiger charge is 2.39. The van der Waals surface area contributed by atoms with E-state index in [1.807, 2.05) is 36.4 Å². The van der Waals surface area contributed by atoms with Crippen LogP contribution in [0.5, 0.6) is 11.5 Å². The van der Waals surface area contributed by atoms with Crippen molar-refractivity contribution in [3.8, 4) is 11.5 Å². The molecule has 2 aromatic rings. The summed E-state index contributed by atoms with van der Waals surface area (Å²) in [4.78, 5) is 25.7. The van der Waals surface area contributed by atoms with Crippen molar-refractivity contribution in [2.45, 2.75) is 31.1 Å². The number of ketones is 1. The van der Waals surface area contributed by atoms with E-state index in [0.717, 1.165) is 11.1 Å². The van der Waals surface area contributed by atoms with Crippen molar-refractivity contribution in [1.29, 1.82) is 0 Å². The first kappa shape index (κ1) is 19.5. The Morgan fingerprint density at radius 1 is 1.00 bits per heavy atom. The Balaban J connectivity index is 1.74. The van der Waals surface area contributed by atoms with Gasteiger partial charge in [0.1, 0.15) is 11.5 Å². The van der Waals surface area contributed by atoms with Gasteiger partial charge in [-0.15, -0.1) is 0 Å². The number of amides is 1. The molecule has 6 heteroatoms. The second-order valence-electron chi connectivity index (χ2n) is 7.39. The molecule has 1 amide bonds. The zero-order chi connectivity index (χ0) is 20.5. The molecular formula is C23H22ClNO4. The van der Waals surface area contributed by atoms with Crippen LogP contribution >= 0.6 is 11.6 Å². The summed E-state index contributed by atoms with van der Waals surface area (Å²) in [5.74, 6) is 1.02. The van der Waals surface area contributed by atoms with Crippen molar-refractivity contribution in [3.05, 3.63) is 69.9 Å². The first-order chi connectivity index (χ1) is 14.0. The number of ether oxygens (including phenoxy) is 2. The summed E-state index contributed by atoms with van der Waals surface area (Å²) < 4.78 is 10.9. The molecule has 0 bridgehead atoms. The summed E-state index contributed by atoms with van der Waals surface area (Å²) in [5, 5.41) is 3.54. The number of hydrogen-bond acceptors (Lipinski definition) is 4. The standard InChI is InChI=1S/C23H22ClNO4/c1-28-16-6-7-21(29-2)17(11-16)14-9-19-23(20(26)10-14)18(12-22(27)25-19)13-4-3-5-15(24)8-13/h3-8,11,14,18H,9-10,12H2,1-2H3,(H,25,27)/t14-,18-/m0/s1. The number of Topliss-reactive ketones (excluding diaryl/α,β-unsaturated/α-hetero) is 1. The van der Waals surface area contributed by atoms with E-state index in [0.29, 0.717) is 40.6 Å². The molecule has 0 saturated carbocycles. The monoisotopic (exact) mass is 411 g/mol. The number of carbonyl (C=O) groups is 2. The number of halogens is 1. The van der Waals surface area contributed by atoms with E-state index < -0.39 is 0 Å². The van der Waals surface area contributed by atoms with Crippen molar-refractivity contribution in [2.75, 3.05) is 14.2 Å². The quantitative estimate of drug-likeness (QED) is 0.811. The molecule has 1 aliphatic carbocycles. The SMILES string of the molecule is COc1ccc(OC)c([C@@H]2CC(=O)C3=C(C2)NC(=O)C[C@H]3c2cccc(Cl)c2)c1. The Morgan fingerprint density at radius 3 is 2.55 bits per heavy atom. The Bertz CT molecular complexity index is 1010. The average Bonchev–Trinajstić information content (AvgIpc) is 2.72. The second kappa shape index (κ2) is 7.91. The third kappa shape index (κ3) is 3.75. The third-order valence-corrected chi connectivity index (χ3v) is 5.90. The highest BCUT2D eigenvalue weighted by atomic mass is 35.5. The lowest BCUT2D eigenvalue weighted by atomic mass is 9.73. The van der Waals surface area contributed by atoms with Crippen LogP contribution in [0.2, 0.25) is 5.02 Å². The van der Waals surface area contributed by atoms with Gasteiger partial charge in [-0.2, -0.15) is 0 Å². The first-order valence-electron chi connectivity index (χ1n) is 9.53. The fourth-order valence-electron chi connectivity index (χ4n) is 4.35. The summed E-state index contributed by atoms with van der Waals surface area (Å²) in [6, 6.07) is 13.0. The normalized spacial score (nSPS) is 21.5. The lowest BCUT2D eigenvalue weighted by Crippen LogP contribution is -2.38.